The lowest BCUT2D eigenvalue weighted by molar-refractivity contribution is -0.155. The molecule has 92 heavy (non-hydrogen) atoms. The lowest BCUT2D eigenvalue weighted by atomic mass is 9.91. The summed E-state index contributed by atoms with van der Waals surface area (Å²) in [6, 6.07) is 0. The van der Waals surface area contributed by atoms with Crippen LogP contribution >= 0.6 is 49.5 Å². The Balaban J connectivity index is -0.000000242. The Morgan fingerprint density at radius 1 is 0.543 bits per heavy atom. The molecule has 0 aliphatic rings. The van der Waals surface area contributed by atoms with Crippen LogP contribution in [0.25, 0.3) is 0 Å². The first-order valence-corrected chi connectivity index (χ1v) is 38.4. The molecule has 0 aromatic rings. The van der Waals surface area contributed by atoms with Gasteiger partial charge in [-0.25, -0.2) is 18.7 Å². The first kappa shape index (κ1) is 99.2. The number of carbonyl (C=O) groups is 8. The minimum Gasteiger partial charge on any atom is -0.469 e. The number of rotatable bonds is 35. The smallest absolute Gasteiger partial charge is 0.469 e. The van der Waals surface area contributed by atoms with Gasteiger partial charge < -0.3 is 58.6 Å². The molecule has 0 saturated carbocycles. The Morgan fingerprint density at radius 3 is 1.17 bits per heavy atom. The lowest BCUT2D eigenvalue weighted by Gasteiger charge is -2.26. The Hall–Kier alpha value is -3.89. The van der Waals surface area contributed by atoms with Gasteiger partial charge in [0.1, 0.15) is 26.4 Å². The van der Waals surface area contributed by atoms with Gasteiger partial charge in [-0.2, -0.15) is 40.4 Å². The average molecular weight is 1460 g/mol. The minimum absolute atomic E-state index is 0.0263. The standard InChI is InChI=1S/C14H26O4S.C12H20O4S.C9H19NO4S.C8H17O6P.C7H13NO4S.C6H11O5PS/c1-7-13(2,3)12(16)18-8-9-19-10-14(4,5)11(15)17-6;1-9(2)10(13)16-6-7-17-8-12(3,4)11(14)15-5;1-5-7(2)8(11)10-9(3,4)6-15(12,13)14;1-4-8(2,3)7(9)13-5-6-14-15(10,11)12;1-4-6(9)8-7(2,3)5-13(10,11)12;1-5(2)6(7)11-3-4-13-12(8,9)10/h7-10H2,1-6H3;1,6-8H2,2-5H3;7H,5-6H2,1-4H3,(H,10,11)(H,12,13,14);4-6H2,1-3H3,(H2,10,11,12);4H,1,5H2,2-3H3,(H,8,9)(H,10,11,12);1,3-4H2,2H3,(H2,8,9,10). The number of nitrogens with one attached hydrogen (secondary N) is 2. The number of hydrogen-bond acceptors (Lipinski definition) is 24. The van der Waals surface area contributed by atoms with Gasteiger partial charge >= 0.3 is 50.4 Å². The van der Waals surface area contributed by atoms with Crippen molar-refractivity contribution in [3.8, 4) is 0 Å². The van der Waals surface area contributed by atoms with Crippen LogP contribution in [-0.2, 0) is 101 Å². The van der Waals surface area contributed by atoms with Gasteiger partial charge in [-0.1, -0.05) is 47.4 Å². The molecule has 0 radical (unpaired) electrons. The van der Waals surface area contributed by atoms with Gasteiger partial charge in [-0.15, -0.1) is 0 Å². The Kier molecular flexibility index (Phi) is 50.8. The average Bonchev–Trinajstić information content (AvgIpc) is 1.39. The third-order valence-electron chi connectivity index (χ3n) is 11.3. The number of phosphoric acid groups is 1. The molecule has 0 aromatic heterocycles. The van der Waals surface area contributed by atoms with E-state index < -0.39 is 96.9 Å². The highest BCUT2D eigenvalue weighted by Gasteiger charge is 2.32. The van der Waals surface area contributed by atoms with Crippen molar-refractivity contribution in [2.24, 2.45) is 27.6 Å². The van der Waals surface area contributed by atoms with Crippen molar-refractivity contribution >= 4 is 117 Å². The van der Waals surface area contributed by atoms with E-state index in [9.17, 15) is 64.3 Å². The molecule has 0 aliphatic carbocycles. The quantitative estimate of drug-likeness (QED) is 0.00751. The second-order valence-corrected chi connectivity index (χ2v) is 34.0. The molecule has 0 fully saturated rings. The van der Waals surface area contributed by atoms with E-state index in [2.05, 4.69) is 39.6 Å². The molecule has 542 valence electrons. The van der Waals surface area contributed by atoms with Gasteiger partial charge in [0.2, 0.25) is 11.8 Å². The van der Waals surface area contributed by atoms with E-state index >= 15 is 0 Å². The van der Waals surface area contributed by atoms with Crippen molar-refractivity contribution in [3.63, 3.8) is 0 Å². The zero-order valence-electron chi connectivity index (χ0n) is 57.1. The molecule has 29 nitrogen and oxygen atoms in total. The van der Waals surface area contributed by atoms with Crippen molar-refractivity contribution < 1.29 is 126 Å². The van der Waals surface area contributed by atoms with E-state index in [-0.39, 0.29) is 66.8 Å². The van der Waals surface area contributed by atoms with E-state index in [0.29, 0.717) is 66.0 Å². The van der Waals surface area contributed by atoms with Crippen LogP contribution in [-0.4, -0.2) is 192 Å². The molecule has 0 aromatic carbocycles. The maximum atomic E-state index is 11.7. The molecule has 0 aliphatic heterocycles. The van der Waals surface area contributed by atoms with Crippen molar-refractivity contribution in [1.82, 2.24) is 10.6 Å². The van der Waals surface area contributed by atoms with Gasteiger partial charge in [0.25, 0.3) is 20.2 Å². The predicted molar refractivity (Wildman–Crippen MR) is 357 cm³/mol. The number of methoxy groups -OCH3 is 2. The van der Waals surface area contributed by atoms with Crippen LogP contribution < -0.4 is 10.6 Å². The molecule has 36 heteroatoms. The van der Waals surface area contributed by atoms with E-state index in [1.54, 1.807) is 65.1 Å². The molecule has 2 amide bonds. The number of thioether (sulfide) groups is 2. The third kappa shape index (κ3) is 59.8. The maximum absolute atomic E-state index is 11.7. The monoisotopic (exact) mass is 1460 g/mol. The summed E-state index contributed by atoms with van der Waals surface area (Å²) in [5, 5.41) is 4.95. The molecule has 8 N–H and O–H groups in total. The van der Waals surface area contributed by atoms with Crippen LogP contribution in [0.1, 0.15) is 144 Å². The second-order valence-electron chi connectivity index (χ2n) is 23.8. The normalized spacial score (nSPS) is 12.2. The van der Waals surface area contributed by atoms with E-state index in [1.165, 1.54) is 35.0 Å². The van der Waals surface area contributed by atoms with Crippen LogP contribution in [0.15, 0.2) is 37.0 Å². The van der Waals surface area contributed by atoms with E-state index in [1.807, 2.05) is 62.3 Å². The summed E-state index contributed by atoms with van der Waals surface area (Å²) in [4.78, 5) is 123. The molecular weight excluding hydrogens is 1350 g/mol. The summed E-state index contributed by atoms with van der Waals surface area (Å²) in [6.45, 7) is 37.4. The van der Waals surface area contributed by atoms with E-state index in [4.69, 9.17) is 52.4 Å². The first-order chi connectivity index (χ1) is 41.2. The molecule has 1 unspecified atom stereocenters. The summed E-state index contributed by atoms with van der Waals surface area (Å²) >= 11 is 3.58. The highest BCUT2D eigenvalue weighted by Crippen LogP contribution is 2.49. The summed E-state index contributed by atoms with van der Waals surface area (Å²) < 4.78 is 113. The van der Waals surface area contributed by atoms with Crippen LogP contribution in [0.2, 0.25) is 0 Å². The second kappa shape index (κ2) is 47.1. The lowest BCUT2D eigenvalue weighted by Crippen LogP contribution is -2.49. The van der Waals surface area contributed by atoms with Crippen LogP contribution in [0.5, 0.6) is 0 Å². The Labute approximate surface area is 558 Å². The van der Waals surface area contributed by atoms with Crippen LogP contribution in [0.4, 0.5) is 0 Å². The number of esters is 6. The fourth-order valence-corrected chi connectivity index (χ4v) is 10.8. The van der Waals surface area contributed by atoms with Crippen molar-refractivity contribution in [2.75, 3.05) is 87.5 Å². The highest BCUT2D eigenvalue weighted by molar-refractivity contribution is 8.54. The van der Waals surface area contributed by atoms with E-state index in [0.717, 1.165) is 12.5 Å². The molecule has 1 atom stereocenters. The predicted octanol–water partition coefficient (Wildman–Crippen LogP) is 7.71. The fraction of sp³-hybridized carbons (Fsp3) is 0.750. The van der Waals surface area contributed by atoms with Gasteiger partial charge in [0, 0.05) is 45.8 Å². The number of ether oxygens (including phenoxy) is 6. The zero-order chi connectivity index (χ0) is 74.1. The molecule has 0 heterocycles. The van der Waals surface area contributed by atoms with Gasteiger partial charge in [-0.05, 0) is 134 Å². The van der Waals surface area contributed by atoms with Crippen molar-refractivity contribution in [2.45, 2.75) is 155 Å². The van der Waals surface area contributed by atoms with Crippen molar-refractivity contribution in [1.29, 1.82) is 0 Å². The largest absolute Gasteiger partial charge is 0.469 e. The number of amides is 2. The Bertz CT molecular complexity index is 2670. The van der Waals surface area contributed by atoms with Crippen LogP contribution in [0.3, 0.4) is 0 Å². The topological polar surface area (TPSA) is 449 Å². The van der Waals surface area contributed by atoms with Crippen molar-refractivity contribution in [3.05, 3.63) is 37.0 Å². The number of hydrogen-bond donors (Lipinski definition) is 8. The first-order valence-electron chi connectivity index (χ1n) is 28.1. The minimum atomic E-state index is -4.46. The Morgan fingerprint density at radius 2 is 0.880 bits per heavy atom. The third-order valence-corrected chi connectivity index (χ3v) is 19.0. The molecule has 0 saturated heterocycles. The van der Waals surface area contributed by atoms with Gasteiger partial charge in [0.05, 0.1) is 65.1 Å². The summed E-state index contributed by atoms with van der Waals surface area (Å²) in [6.07, 6.45) is 3.11. The SMILES string of the molecule is C=C(C)C(=O)OCCSCC(C)(C)C(=O)OC.C=C(C)C(=O)OCCSP(=O)(O)O.C=CC(=O)NC(C)(C)CS(=O)(=O)O.CCC(C)(C)C(=O)OCCOP(=O)(O)O.CCC(C)(C)C(=O)OCCSCC(C)(C)C(=O)OC.CCC(C)C(=O)NC(C)(C)CS(=O)(=O)O. The van der Waals surface area contributed by atoms with Gasteiger partial charge in [0.15, 0.2) is 0 Å². The molecule has 0 bridgehead atoms. The maximum Gasteiger partial charge on any atom is 0.469 e. The number of phosphoric ester groups is 1. The molecular formula is C56H106N2O27P2S5. The zero-order valence-corrected chi connectivity index (χ0v) is 62.9. The molecule has 0 rings (SSSR count). The van der Waals surface area contributed by atoms with Gasteiger partial charge in [-0.3, -0.25) is 42.4 Å². The summed E-state index contributed by atoms with van der Waals surface area (Å²) in [7, 11) is -9.85. The van der Waals surface area contributed by atoms with Crippen LogP contribution in [0, 0.1) is 27.6 Å². The summed E-state index contributed by atoms with van der Waals surface area (Å²) in [5.74, 6) is -1.11. The number of carbonyl (C=O) groups excluding carboxylic acids is 8. The summed E-state index contributed by atoms with van der Waals surface area (Å²) in [5.41, 5.74) is -3.32. The fourth-order valence-electron chi connectivity index (χ4n) is 5.23. The highest BCUT2D eigenvalue weighted by atomic mass is 32.7. The molecule has 0 spiro atoms.